The number of fused-ring (bicyclic) bond motifs is 1. The molecule has 192 valence electrons. The summed E-state index contributed by atoms with van der Waals surface area (Å²) in [6.45, 7) is 9.51. The van der Waals surface area contributed by atoms with Gasteiger partial charge in [0, 0.05) is 24.2 Å². The van der Waals surface area contributed by atoms with Gasteiger partial charge in [-0.25, -0.2) is 4.98 Å². The van der Waals surface area contributed by atoms with Crippen LogP contribution < -0.4 is 15.6 Å². The Kier molecular flexibility index (Phi) is 9.70. The first-order chi connectivity index (χ1) is 17.2. The summed E-state index contributed by atoms with van der Waals surface area (Å²) in [5.74, 6) is 1.47. The Bertz CT molecular complexity index is 1270. The van der Waals surface area contributed by atoms with Gasteiger partial charge in [-0.1, -0.05) is 39.5 Å². The first-order valence-electron chi connectivity index (χ1n) is 12.3. The second kappa shape index (κ2) is 12.7. The molecule has 7 nitrogen and oxygen atoms in total. The number of nitrogens with one attached hydrogen (secondary N) is 1. The van der Waals surface area contributed by atoms with Gasteiger partial charge in [-0.15, -0.1) is 0 Å². The molecule has 8 heteroatoms. The molecule has 1 N–H and O–H groups in total. The number of thioether (sulfide) groups is 1. The van der Waals surface area contributed by atoms with E-state index in [1.54, 1.807) is 54.1 Å². The van der Waals surface area contributed by atoms with E-state index < -0.39 is 0 Å². The molecule has 1 aromatic heterocycles. The molecule has 0 unspecified atom stereocenters. The maximum atomic E-state index is 13.4. The number of hydrogen-bond donors (Lipinski definition) is 1. The van der Waals surface area contributed by atoms with Gasteiger partial charge in [0.2, 0.25) is 0 Å². The van der Waals surface area contributed by atoms with Crippen molar-refractivity contribution in [3.05, 3.63) is 63.9 Å². The fourth-order valence-corrected chi connectivity index (χ4v) is 4.52. The average Bonchev–Trinajstić information content (AvgIpc) is 2.86. The summed E-state index contributed by atoms with van der Waals surface area (Å²) in [5.41, 5.74) is 1.33. The SMILES string of the molecule is COc1ccc(C(=O)CSc2nc3cc(C(=O)NCCC(C)C)ccc3c(=O)n2CCC(C)C)cc1. The highest BCUT2D eigenvalue weighted by Gasteiger charge is 2.16. The number of hydrogen-bond acceptors (Lipinski definition) is 6. The molecule has 0 bridgehead atoms. The summed E-state index contributed by atoms with van der Waals surface area (Å²) in [7, 11) is 1.58. The van der Waals surface area contributed by atoms with Crippen molar-refractivity contribution in [3.63, 3.8) is 0 Å². The van der Waals surface area contributed by atoms with Gasteiger partial charge in [-0.3, -0.25) is 19.0 Å². The minimum absolute atomic E-state index is 0.0642. The van der Waals surface area contributed by atoms with E-state index >= 15 is 0 Å². The van der Waals surface area contributed by atoms with Gasteiger partial charge in [0.15, 0.2) is 10.9 Å². The third-order valence-electron chi connectivity index (χ3n) is 5.86. The zero-order chi connectivity index (χ0) is 26.2. The average molecular weight is 510 g/mol. The van der Waals surface area contributed by atoms with E-state index in [-0.39, 0.29) is 23.0 Å². The third kappa shape index (κ3) is 7.20. The number of carbonyl (C=O) groups excluding carboxylic acids is 2. The molecule has 0 saturated carbocycles. The van der Waals surface area contributed by atoms with Gasteiger partial charge in [0.05, 0.1) is 23.8 Å². The van der Waals surface area contributed by atoms with Gasteiger partial charge in [0.25, 0.3) is 11.5 Å². The molecule has 0 radical (unpaired) electrons. The number of aromatic nitrogens is 2. The molecule has 3 rings (SSSR count). The smallest absolute Gasteiger partial charge is 0.262 e. The van der Waals surface area contributed by atoms with Crippen LogP contribution in [-0.2, 0) is 6.54 Å². The number of ketones is 1. The second-order valence-electron chi connectivity index (χ2n) is 9.64. The van der Waals surface area contributed by atoms with Crippen LogP contribution in [-0.4, -0.2) is 40.6 Å². The molecule has 1 heterocycles. The van der Waals surface area contributed by atoms with Crippen LogP contribution in [0.5, 0.6) is 5.75 Å². The van der Waals surface area contributed by atoms with Gasteiger partial charge in [-0.05, 0) is 67.1 Å². The molecule has 3 aromatic rings. The first kappa shape index (κ1) is 27.5. The first-order valence-corrected chi connectivity index (χ1v) is 13.3. The molecule has 0 aliphatic heterocycles. The summed E-state index contributed by atoms with van der Waals surface area (Å²) in [6, 6.07) is 11.9. The lowest BCUT2D eigenvalue weighted by atomic mass is 10.1. The van der Waals surface area contributed by atoms with Crippen LogP contribution in [0.15, 0.2) is 52.4 Å². The Hall–Kier alpha value is -3.13. The van der Waals surface area contributed by atoms with Crippen molar-refractivity contribution in [2.45, 2.75) is 52.2 Å². The van der Waals surface area contributed by atoms with Crippen LogP contribution in [0.3, 0.4) is 0 Å². The van der Waals surface area contributed by atoms with Crippen molar-refractivity contribution in [2.75, 3.05) is 19.4 Å². The standard InChI is InChI=1S/C28H35N3O4S/c1-18(2)12-14-29-26(33)21-8-11-23-24(16-21)30-28(31(27(23)34)15-13-19(3)4)36-17-25(32)20-6-9-22(35-5)10-7-20/h6-11,16,18-19H,12-15,17H2,1-5H3,(H,29,33). The molecule has 0 fully saturated rings. The van der Waals surface area contributed by atoms with E-state index in [4.69, 9.17) is 9.72 Å². The molecule has 0 aliphatic rings. The number of benzene rings is 2. The van der Waals surface area contributed by atoms with Crippen molar-refractivity contribution in [1.82, 2.24) is 14.9 Å². The van der Waals surface area contributed by atoms with Crippen LogP contribution in [0.1, 0.15) is 61.3 Å². The van der Waals surface area contributed by atoms with Crippen LogP contribution in [0.25, 0.3) is 10.9 Å². The van der Waals surface area contributed by atoms with Crippen molar-refractivity contribution >= 4 is 34.4 Å². The number of Topliss-reactive ketones (excluding diaryl/α,β-unsaturated/α-hetero) is 1. The Morgan fingerprint density at radius 2 is 1.67 bits per heavy atom. The Morgan fingerprint density at radius 1 is 1.00 bits per heavy atom. The van der Waals surface area contributed by atoms with Gasteiger partial charge in [-0.2, -0.15) is 0 Å². The van der Waals surface area contributed by atoms with Gasteiger partial charge >= 0.3 is 0 Å². The van der Waals surface area contributed by atoms with E-state index in [9.17, 15) is 14.4 Å². The summed E-state index contributed by atoms with van der Waals surface area (Å²) in [6.07, 6.45) is 1.70. The highest BCUT2D eigenvalue weighted by Crippen LogP contribution is 2.22. The quantitative estimate of drug-likeness (QED) is 0.205. The normalized spacial score (nSPS) is 11.3. The third-order valence-corrected chi connectivity index (χ3v) is 6.84. The maximum absolute atomic E-state index is 13.4. The lowest BCUT2D eigenvalue weighted by Crippen LogP contribution is -2.26. The zero-order valence-corrected chi connectivity index (χ0v) is 22.5. The molecule has 0 aliphatic carbocycles. The summed E-state index contributed by atoms with van der Waals surface area (Å²) in [5, 5.41) is 3.87. The van der Waals surface area contributed by atoms with Crippen molar-refractivity contribution in [1.29, 1.82) is 0 Å². The molecular weight excluding hydrogens is 474 g/mol. The highest BCUT2D eigenvalue weighted by atomic mass is 32.2. The topological polar surface area (TPSA) is 90.3 Å². The molecule has 2 aromatic carbocycles. The Morgan fingerprint density at radius 3 is 2.31 bits per heavy atom. The number of ether oxygens (including phenoxy) is 1. The molecule has 0 spiro atoms. The van der Waals surface area contributed by atoms with Crippen LogP contribution in [0.2, 0.25) is 0 Å². The minimum Gasteiger partial charge on any atom is -0.497 e. The van der Waals surface area contributed by atoms with E-state index in [1.165, 1.54) is 11.8 Å². The Balaban J connectivity index is 1.89. The van der Waals surface area contributed by atoms with E-state index in [0.29, 0.717) is 57.9 Å². The number of methoxy groups -OCH3 is 1. The summed E-state index contributed by atoms with van der Waals surface area (Å²) in [4.78, 5) is 43.5. The summed E-state index contributed by atoms with van der Waals surface area (Å²) >= 11 is 1.24. The molecule has 1 amide bonds. The summed E-state index contributed by atoms with van der Waals surface area (Å²) < 4.78 is 6.81. The second-order valence-corrected chi connectivity index (χ2v) is 10.6. The fourth-order valence-electron chi connectivity index (χ4n) is 3.60. The predicted octanol–water partition coefficient (Wildman–Crippen LogP) is 5.20. The number of amides is 1. The monoisotopic (exact) mass is 509 g/mol. The molecule has 0 saturated heterocycles. The molecule has 0 atom stereocenters. The van der Waals surface area contributed by atoms with E-state index in [0.717, 1.165) is 12.8 Å². The Labute approximate surface area is 216 Å². The zero-order valence-electron chi connectivity index (χ0n) is 21.7. The fraction of sp³-hybridized carbons (Fsp3) is 0.429. The van der Waals surface area contributed by atoms with Crippen LogP contribution in [0, 0.1) is 11.8 Å². The number of nitrogens with zero attached hydrogens (tertiary/aromatic N) is 2. The van der Waals surface area contributed by atoms with Gasteiger partial charge < -0.3 is 10.1 Å². The number of carbonyl (C=O) groups is 2. The van der Waals surface area contributed by atoms with E-state index in [2.05, 4.69) is 33.0 Å². The molecular formula is C28H35N3O4S. The lowest BCUT2D eigenvalue weighted by molar-refractivity contribution is 0.0951. The van der Waals surface area contributed by atoms with Crippen molar-refractivity contribution in [3.8, 4) is 5.75 Å². The lowest BCUT2D eigenvalue weighted by Gasteiger charge is -2.15. The minimum atomic E-state index is -0.188. The predicted molar refractivity (Wildman–Crippen MR) is 145 cm³/mol. The number of rotatable bonds is 12. The van der Waals surface area contributed by atoms with Gasteiger partial charge in [0.1, 0.15) is 5.75 Å². The molecule has 36 heavy (non-hydrogen) atoms. The van der Waals surface area contributed by atoms with Crippen LogP contribution >= 0.6 is 11.8 Å². The van der Waals surface area contributed by atoms with Crippen molar-refractivity contribution < 1.29 is 14.3 Å². The maximum Gasteiger partial charge on any atom is 0.262 e. The van der Waals surface area contributed by atoms with Crippen molar-refractivity contribution in [2.24, 2.45) is 11.8 Å². The van der Waals surface area contributed by atoms with E-state index in [1.807, 2.05) is 0 Å². The highest BCUT2D eigenvalue weighted by molar-refractivity contribution is 7.99. The van der Waals surface area contributed by atoms with Crippen LogP contribution in [0.4, 0.5) is 0 Å². The largest absolute Gasteiger partial charge is 0.497 e.